The number of nitrogens with zero attached hydrogens (tertiary/aromatic N) is 2. The molecule has 0 aliphatic rings. The molecule has 11 heavy (non-hydrogen) atoms. The third kappa shape index (κ3) is 3.17. The summed E-state index contributed by atoms with van der Waals surface area (Å²) >= 11 is 0. The fourth-order valence-electron chi connectivity index (χ4n) is 0.524. The Bertz CT molecular complexity index is 247. The zero-order valence-electron chi connectivity index (χ0n) is 6.46. The predicted octanol–water partition coefficient (Wildman–Crippen LogP) is 1.19. The fourth-order valence-corrected chi connectivity index (χ4v) is 0.524. The largest absolute Gasteiger partial charge is 0.292 e. The molecule has 3 nitrogen and oxygen atoms in total. The molecule has 0 fully saturated rings. The van der Waals surface area contributed by atoms with Crippen LogP contribution in [0.3, 0.4) is 0 Å². The van der Waals surface area contributed by atoms with Crippen LogP contribution in [0.25, 0.3) is 0 Å². The van der Waals surface area contributed by atoms with Gasteiger partial charge in [-0.15, -0.1) is 0 Å². The Hall–Kier alpha value is -1.61. The summed E-state index contributed by atoms with van der Waals surface area (Å²) in [6.07, 6.45) is 1.30. The van der Waals surface area contributed by atoms with Gasteiger partial charge >= 0.3 is 0 Å². The van der Waals surface area contributed by atoms with Crippen molar-refractivity contribution in [3.8, 4) is 12.1 Å². The van der Waals surface area contributed by atoms with Crippen molar-refractivity contribution in [3.63, 3.8) is 0 Å². The lowest BCUT2D eigenvalue weighted by Gasteiger charge is -1.91. The first-order chi connectivity index (χ1) is 5.11. The Morgan fingerprint density at radius 3 is 2.09 bits per heavy atom. The highest BCUT2D eigenvalue weighted by Crippen LogP contribution is 1.98. The van der Waals surface area contributed by atoms with Crippen molar-refractivity contribution in [1.29, 1.82) is 10.5 Å². The molecule has 0 aromatic rings. The highest BCUT2D eigenvalue weighted by atomic mass is 16.1. The monoisotopic (exact) mass is 148 g/mol. The van der Waals surface area contributed by atoms with Gasteiger partial charge in [-0.25, -0.2) is 0 Å². The average molecular weight is 148 g/mol. The van der Waals surface area contributed by atoms with Crippen molar-refractivity contribution in [2.75, 3.05) is 0 Å². The number of rotatable bonds is 2. The third-order valence-corrected chi connectivity index (χ3v) is 0.974. The Kier molecular flexibility index (Phi) is 3.62. The van der Waals surface area contributed by atoms with Gasteiger partial charge in [-0.3, -0.25) is 4.79 Å². The smallest absolute Gasteiger partial charge is 0.195 e. The molecule has 0 amide bonds. The number of allylic oxidation sites excluding steroid dienone is 2. The van der Waals surface area contributed by atoms with E-state index in [2.05, 4.69) is 0 Å². The number of hydrogen-bond donors (Lipinski definition) is 0. The Labute approximate surface area is 65.6 Å². The van der Waals surface area contributed by atoms with E-state index in [4.69, 9.17) is 10.5 Å². The third-order valence-electron chi connectivity index (χ3n) is 0.974. The van der Waals surface area contributed by atoms with Gasteiger partial charge < -0.3 is 0 Å². The zero-order valence-corrected chi connectivity index (χ0v) is 6.46. The van der Waals surface area contributed by atoms with E-state index in [1.54, 1.807) is 26.0 Å². The van der Waals surface area contributed by atoms with Crippen molar-refractivity contribution in [2.45, 2.75) is 13.8 Å². The quantitative estimate of drug-likeness (QED) is 0.552. The van der Waals surface area contributed by atoms with Crippen LogP contribution in [-0.2, 0) is 4.79 Å². The van der Waals surface area contributed by atoms with Gasteiger partial charge in [-0.05, 0) is 19.9 Å². The highest BCUT2D eigenvalue weighted by Gasteiger charge is 2.12. The van der Waals surface area contributed by atoms with Crippen LogP contribution in [0.1, 0.15) is 13.8 Å². The second-order valence-electron chi connectivity index (χ2n) is 2.32. The van der Waals surface area contributed by atoms with E-state index in [-0.39, 0.29) is 0 Å². The molecule has 0 radical (unpaired) electrons. The summed E-state index contributed by atoms with van der Waals surface area (Å²) in [7, 11) is 0. The molecule has 0 aromatic carbocycles. The van der Waals surface area contributed by atoms with Crippen LogP contribution in [0.15, 0.2) is 11.6 Å². The SMILES string of the molecule is CC(C)=CC(=O)C(C#N)C#N. The number of carbonyl (C=O) groups is 1. The van der Waals surface area contributed by atoms with Crippen LogP contribution in [0, 0.1) is 28.6 Å². The van der Waals surface area contributed by atoms with Crippen molar-refractivity contribution in [3.05, 3.63) is 11.6 Å². The van der Waals surface area contributed by atoms with E-state index in [0.29, 0.717) is 0 Å². The standard InChI is InChI=1S/C8H8N2O/c1-6(2)3-8(11)7(4-9)5-10/h3,7H,1-2H3. The minimum Gasteiger partial charge on any atom is -0.292 e. The van der Waals surface area contributed by atoms with Crippen LogP contribution in [0.5, 0.6) is 0 Å². The molecule has 56 valence electrons. The summed E-state index contributed by atoms with van der Waals surface area (Å²) in [5.74, 6) is -1.58. The summed E-state index contributed by atoms with van der Waals surface area (Å²) in [4.78, 5) is 10.9. The van der Waals surface area contributed by atoms with Gasteiger partial charge in [0, 0.05) is 0 Å². The van der Waals surface area contributed by atoms with Gasteiger partial charge in [0.05, 0.1) is 12.1 Å². The molecule has 0 saturated heterocycles. The van der Waals surface area contributed by atoms with Gasteiger partial charge in [-0.2, -0.15) is 10.5 Å². The van der Waals surface area contributed by atoms with Crippen LogP contribution in [0.4, 0.5) is 0 Å². The molecule has 0 spiro atoms. The van der Waals surface area contributed by atoms with Crippen LogP contribution in [-0.4, -0.2) is 5.78 Å². The van der Waals surface area contributed by atoms with Crippen LogP contribution < -0.4 is 0 Å². The van der Waals surface area contributed by atoms with E-state index in [0.717, 1.165) is 5.57 Å². The predicted molar refractivity (Wildman–Crippen MR) is 39.2 cm³/mol. The van der Waals surface area contributed by atoms with E-state index in [1.807, 2.05) is 0 Å². The van der Waals surface area contributed by atoms with E-state index in [1.165, 1.54) is 6.08 Å². The summed E-state index contributed by atoms with van der Waals surface area (Å²) < 4.78 is 0. The molecule has 0 aromatic heterocycles. The van der Waals surface area contributed by atoms with Crippen molar-refractivity contribution < 1.29 is 4.79 Å². The molecule has 0 unspecified atom stereocenters. The molecule has 0 N–H and O–H groups in total. The number of ketones is 1. The number of nitriles is 2. The summed E-state index contributed by atoms with van der Waals surface area (Å²) in [5, 5.41) is 16.6. The maximum Gasteiger partial charge on any atom is 0.195 e. The van der Waals surface area contributed by atoms with Crippen molar-refractivity contribution in [2.24, 2.45) is 5.92 Å². The first-order valence-corrected chi connectivity index (χ1v) is 3.09. The minimum absolute atomic E-state index is 0.435. The second kappa shape index (κ2) is 4.24. The van der Waals surface area contributed by atoms with Crippen molar-refractivity contribution in [1.82, 2.24) is 0 Å². The minimum atomic E-state index is -1.15. The van der Waals surface area contributed by atoms with Crippen LogP contribution in [0.2, 0.25) is 0 Å². The Morgan fingerprint density at radius 1 is 1.36 bits per heavy atom. The molecular formula is C8H8N2O. The van der Waals surface area contributed by atoms with E-state index < -0.39 is 11.7 Å². The molecular weight excluding hydrogens is 140 g/mol. The molecule has 0 atom stereocenters. The van der Waals surface area contributed by atoms with Crippen LogP contribution >= 0.6 is 0 Å². The fraction of sp³-hybridized carbons (Fsp3) is 0.375. The van der Waals surface area contributed by atoms with E-state index >= 15 is 0 Å². The molecule has 0 heterocycles. The normalized spacial score (nSPS) is 8.09. The van der Waals surface area contributed by atoms with Gasteiger partial charge in [0.1, 0.15) is 0 Å². The molecule has 0 aliphatic heterocycles. The van der Waals surface area contributed by atoms with Gasteiger partial charge in [-0.1, -0.05) is 5.57 Å². The lowest BCUT2D eigenvalue weighted by atomic mass is 10.1. The van der Waals surface area contributed by atoms with Gasteiger partial charge in [0.2, 0.25) is 0 Å². The molecule has 0 aliphatic carbocycles. The maximum absolute atomic E-state index is 10.9. The molecule has 0 saturated carbocycles. The topological polar surface area (TPSA) is 64.7 Å². The van der Waals surface area contributed by atoms with E-state index in [9.17, 15) is 4.79 Å². The number of hydrogen-bond acceptors (Lipinski definition) is 3. The zero-order chi connectivity index (χ0) is 8.85. The molecule has 3 heteroatoms. The summed E-state index contributed by atoms with van der Waals surface area (Å²) in [6.45, 7) is 3.48. The Morgan fingerprint density at radius 2 is 1.82 bits per heavy atom. The molecule has 0 rings (SSSR count). The summed E-state index contributed by atoms with van der Waals surface area (Å²) in [5.41, 5.74) is 0.797. The van der Waals surface area contributed by atoms with Crippen molar-refractivity contribution >= 4 is 5.78 Å². The first kappa shape index (κ1) is 9.39. The number of carbonyl (C=O) groups excluding carboxylic acids is 1. The van der Waals surface area contributed by atoms with Gasteiger partial charge in [0.25, 0.3) is 0 Å². The lowest BCUT2D eigenvalue weighted by molar-refractivity contribution is -0.115. The average Bonchev–Trinajstić information content (AvgIpc) is 1.88. The first-order valence-electron chi connectivity index (χ1n) is 3.09. The molecule has 0 bridgehead atoms. The highest BCUT2D eigenvalue weighted by molar-refractivity contribution is 5.95. The Balaban J connectivity index is 4.42. The van der Waals surface area contributed by atoms with Gasteiger partial charge in [0.15, 0.2) is 11.7 Å². The second-order valence-corrected chi connectivity index (χ2v) is 2.32. The maximum atomic E-state index is 10.9. The summed E-state index contributed by atoms with van der Waals surface area (Å²) in [6, 6.07) is 3.20. The lowest BCUT2D eigenvalue weighted by Crippen LogP contribution is -2.06.